The van der Waals surface area contributed by atoms with Crippen LogP contribution in [0.3, 0.4) is 0 Å². The van der Waals surface area contributed by atoms with Gasteiger partial charge in [-0.25, -0.2) is 0 Å². The monoisotopic (exact) mass is 483 g/mol. The maximum absolute atomic E-state index is 13.1. The van der Waals surface area contributed by atoms with Gasteiger partial charge in [0.1, 0.15) is 0 Å². The summed E-state index contributed by atoms with van der Waals surface area (Å²) in [5.41, 5.74) is 7.14. The Balaban J connectivity index is 1.32. The number of carbonyl (C=O) groups is 1. The molecule has 1 aliphatic heterocycles. The van der Waals surface area contributed by atoms with Gasteiger partial charge in [-0.1, -0.05) is 48.9 Å². The smallest absolute Gasteiger partial charge is 0.162 e. The van der Waals surface area contributed by atoms with Crippen molar-refractivity contribution in [3.63, 3.8) is 0 Å². The second-order valence-corrected chi connectivity index (χ2v) is 10.1. The van der Waals surface area contributed by atoms with Crippen molar-refractivity contribution in [1.29, 1.82) is 0 Å². The summed E-state index contributed by atoms with van der Waals surface area (Å²) in [7, 11) is 3.33. The number of fused-ring (bicyclic) bond motifs is 3. The van der Waals surface area contributed by atoms with Gasteiger partial charge in [-0.3, -0.25) is 4.79 Å². The van der Waals surface area contributed by atoms with E-state index in [1.165, 1.54) is 60.2 Å². The predicted molar refractivity (Wildman–Crippen MR) is 145 cm³/mol. The third-order valence-electron chi connectivity index (χ3n) is 7.84. The number of hydrogen-bond acceptors (Lipinski definition) is 4. The topological polar surface area (TPSA) is 38.8 Å². The Morgan fingerprint density at radius 2 is 1.61 bits per heavy atom. The van der Waals surface area contributed by atoms with Gasteiger partial charge in [0.05, 0.1) is 14.2 Å². The maximum atomic E-state index is 13.1. The molecule has 0 bridgehead atoms. The van der Waals surface area contributed by atoms with Crippen LogP contribution in [-0.4, -0.2) is 44.5 Å². The van der Waals surface area contributed by atoms with Crippen molar-refractivity contribution in [2.75, 3.05) is 33.9 Å². The highest BCUT2D eigenvalue weighted by atomic mass is 16.5. The van der Waals surface area contributed by atoms with Crippen molar-refractivity contribution in [3.8, 4) is 22.6 Å². The summed E-state index contributed by atoms with van der Waals surface area (Å²) in [4.78, 5) is 15.7. The number of Topliss-reactive ketones (excluding diaryl/α,β-unsaturated/α-hetero) is 1. The molecule has 188 valence electrons. The number of nitrogens with zero attached hydrogens (tertiary/aromatic N) is 1. The Labute approximate surface area is 215 Å². The standard InChI is InChI=1S/C32H37NO3/c1-35-31-16-13-23(21-32(31)36-2)20-28-26-11-5-4-10-25(26)27-15-14-24(22-29(27)28)30(34)12-6-9-19-33-17-7-3-8-18-33/h4-5,10-11,13-16,21-22,28H,3,6-9,12,17-20H2,1-2H3. The molecule has 4 heteroatoms. The lowest BCUT2D eigenvalue weighted by molar-refractivity contribution is 0.0977. The van der Waals surface area contributed by atoms with Crippen LogP contribution < -0.4 is 9.47 Å². The van der Waals surface area contributed by atoms with Gasteiger partial charge in [0.15, 0.2) is 17.3 Å². The summed E-state index contributed by atoms with van der Waals surface area (Å²) in [6.07, 6.45) is 7.54. The van der Waals surface area contributed by atoms with Crippen LogP contribution in [0.5, 0.6) is 11.5 Å². The summed E-state index contributed by atoms with van der Waals surface area (Å²) in [5, 5.41) is 0. The van der Waals surface area contributed by atoms with Crippen molar-refractivity contribution in [2.45, 2.75) is 50.9 Å². The predicted octanol–water partition coefficient (Wildman–Crippen LogP) is 6.90. The van der Waals surface area contributed by atoms with Crippen LogP contribution in [-0.2, 0) is 6.42 Å². The average Bonchev–Trinajstić information content (AvgIpc) is 3.24. The van der Waals surface area contributed by atoms with E-state index in [1.807, 2.05) is 12.1 Å². The van der Waals surface area contributed by atoms with Crippen LogP contribution in [0.1, 0.15) is 71.5 Å². The molecule has 1 unspecified atom stereocenters. The summed E-state index contributed by atoms with van der Waals surface area (Å²) < 4.78 is 11.0. The second-order valence-electron chi connectivity index (χ2n) is 10.1. The molecule has 3 aromatic rings. The molecule has 0 amide bonds. The van der Waals surface area contributed by atoms with Crippen molar-refractivity contribution in [3.05, 3.63) is 82.9 Å². The maximum Gasteiger partial charge on any atom is 0.162 e. The van der Waals surface area contributed by atoms with Gasteiger partial charge in [0.25, 0.3) is 0 Å². The summed E-state index contributed by atoms with van der Waals surface area (Å²) in [5.74, 6) is 1.95. The zero-order chi connectivity index (χ0) is 24.9. The highest BCUT2D eigenvalue weighted by Gasteiger charge is 2.29. The van der Waals surface area contributed by atoms with Crippen LogP contribution in [0.25, 0.3) is 11.1 Å². The third-order valence-corrected chi connectivity index (χ3v) is 7.84. The first-order valence-electron chi connectivity index (χ1n) is 13.4. The number of benzene rings is 3. The molecule has 0 spiro atoms. The summed E-state index contributed by atoms with van der Waals surface area (Å²) in [6, 6.07) is 21.1. The fourth-order valence-corrected chi connectivity index (χ4v) is 5.89. The number of methoxy groups -OCH3 is 2. The highest BCUT2D eigenvalue weighted by Crippen LogP contribution is 2.47. The Hall–Kier alpha value is -3.11. The number of ether oxygens (including phenoxy) is 2. The lowest BCUT2D eigenvalue weighted by Crippen LogP contribution is -2.30. The molecule has 2 aliphatic rings. The van der Waals surface area contributed by atoms with Gasteiger partial charge in [-0.05, 0) is 97.8 Å². The average molecular weight is 484 g/mol. The van der Waals surface area contributed by atoms with E-state index in [4.69, 9.17) is 9.47 Å². The van der Waals surface area contributed by atoms with E-state index < -0.39 is 0 Å². The van der Waals surface area contributed by atoms with Gasteiger partial charge in [-0.2, -0.15) is 0 Å². The van der Waals surface area contributed by atoms with Crippen molar-refractivity contribution in [1.82, 2.24) is 4.90 Å². The molecule has 5 rings (SSSR count). The first kappa shape index (κ1) is 24.6. The molecule has 1 saturated heterocycles. The normalized spacial score (nSPS) is 16.9. The largest absolute Gasteiger partial charge is 0.493 e. The lowest BCUT2D eigenvalue weighted by atomic mass is 9.88. The van der Waals surface area contributed by atoms with Crippen molar-refractivity contribution >= 4 is 5.78 Å². The summed E-state index contributed by atoms with van der Waals surface area (Å²) >= 11 is 0. The zero-order valence-electron chi connectivity index (χ0n) is 21.6. The Morgan fingerprint density at radius 1 is 0.833 bits per heavy atom. The van der Waals surface area contributed by atoms with Crippen LogP contribution >= 0.6 is 0 Å². The van der Waals surface area contributed by atoms with Crippen LogP contribution in [0.2, 0.25) is 0 Å². The van der Waals surface area contributed by atoms with Crippen molar-refractivity contribution < 1.29 is 14.3 Å². The molecule has 1 heterocycles. The lowest BCUT2D eigenvalue weighted by Gasteiger charge is -2.26. The number of piperidine rings is 1. The molecule has 0 N–H and O–H groups in total. The van der Waals surface area contributed by atoms with E-state index in [0.29, 0.717) is 6.42 Å². The van der Waals surface area contributed by atoms with Crippen LogP contribution in [0, 0.1) is 0 Å². The molecule has 0 saturated carbocycles. The molecule has 3 aromatic carbocycles. The number of likely N-dealkylation sites (tertiary alicyclic amines) is 1. The number of rotatable bonds is 10. The number of carbonyl (C=O) groups excluding carboxylic acids is 1. The minimum atomic E-state index is 0.209. The second kappa shape index (κ2) is 11.3. The van der Waals surface area contributed by atoms with E-state index in [2.05, 4.69) is 53.4 Å². The fraction of sp³-hybridized carbons (Fsp3) is 0.406. The van der Waals surface area contributed by atoms with Gasteiger partial charge in [-0.15, -0.1) is 0 Å². The molecular formula is C32H37NO3. The molecular weight excluding hydrogens is 446 g/mol. The minimum absolute atomic E-state index is 0.209. The molecule has 0 radical (unpaired) electrons. The van der Waals surface area contributed by atoms with Crippen LogP contribution in [0.15, 0.2) is 60.7 Å². The molecule has 1 fully saturated rings. The molecule has 1 atom stereocenters. The Morgan fingerprint density at radius 3 is 2.42 bits per heavy atom. The van der Waals surface area contributed by atoms with E-state index in [1.54, 1.807) is 14.2 Å². The number of ketones is 1. The number of hydrogen-bond donors (Lipinski definition) is 0. The van der Waals surface area contributed by atoms with Gasteiger partial charge < -0.3 is 14.4 Å². The molecule has 36 heavy (non-hydrogen) atoms. The fourth-order valence-electron chi connectivity index (χ4n) is 5.89. The minimum Gasteiger partial charge on any atom is -0.493 e. The molecule has 0 aromatic heterocycles. The first-order chi connectivity index (χ1) is 17.7. The van der Waals surface area contributed by atoms with E-state index >= 15 is 0 Å². The zero-order valence-corrected chi connectivity index (χ0v) is 21.6. The SMILES string of the molecule is COc1ccc(CC2c3ccccc3-c3ccc(C(=O)CCCCN4CCCCC4)cc32)cc1OC. The molecule has 1 aliphatic carbocycles. The first-order valence-corrected chi connectivity index (χ1v) is 13.4. The van der Waals surface area contributed by atoms with E-state index in [9.17, 15) is 4.79 Å². The van der Waals surface area contributed by atoms with Crippen LogP contribution in [0.4, 0.5) is 0 Å². The quantitative estimate of drug-likeness (QED) is 0.232. The summed E-state index contributed by atoms with van der Waals surface area (Å²) in [6.45, 7) is 3.57. The molecule has 4 nitrogen and oxygen atoms in total. The van der Waals surface area contributed by atoms with E-state index in [-0.39, 0.29) is 11.7 Å². The van der Waals surface area contributed by atoms with Gasteiger partial charge in [0, 0.05) is 17.9 Å². The van der Waals surface area contributed by atoms with E-state index in [0.717, 1.165) is 42.9 Å². The Bertz CT molecular complexity index is 1210. The van der Waals surface area contributed by atoms with Gasteiger partial charge in [0.2, 0.25) is 0 Å². The Kier molecular flexibility index (Phi) is 7.72. The van der Waals surface area contributed by atoms with Gasteiger partial charge >= 0.3 is 0 Å². The van der Waals surface area contributed by atoms with Crippen molar-refractivity contribution in [2.24, 2.45) is 0 Å². The highest BCUT2D eigenvalue weighted by molar-refractivity contribution is 5.97. The number of unbranched alkanes of at least 4 members (excludes halogenated alkanes) is 1. The third kappa shape index (κ3) is 5.19.